The zero-order chi connectivity index (χ0) is 40.0. The van der Waals surface area contributed by atoms with Crippen molar-refractivity contribution >= 4 is 29.0 Å². The highest BCUT2D eigenvalue weighted by Crippen LogP contribution is 2.35. The maximum Gasteiger partial charge on any atom is 0.333 e. The summed E-state index contributed by atoms with van der Waals surface area (Å²) in [6.45, 7) is 15.3. The molecule has 0 aliphatic carbocycles. The van der Waals surface area contributed by atoms with Crippen molar-refractivity contribution in [2.75, 3.05) is 18.1 Å². The topological polar surface area (TPSA) is 74.3 Å². The molecule has 2 unspecified atom stereocenters. The van der Waals surface area contributed by atoms with Crippen LogP contribution in [0.5, 0.6) is 11.5 Å². The zero-order valence-electron chi connectivity index (χ0n) is 33.6. The minimum absolute atomic E-state index is 0.154. The predicted molar refractivity (Wildman–Crippen MR) is 225 cm³/mol. The number of hydrogen-bond donors (Lipinski definition) is 0. The first-order valence-corrected chi connectivity index (χ1v) is 19.5. The molecule has 0 aromatic heterocycles. The number of nitrogens with zero attached hydrogens (tertiary/aromatic N) is 1. The molecule has 5 rings (SSSR count). The Hall–Kier alpha value is -5.82. The molecule has 292 valence electrons. The van der Waals surface area contributed by atoms with Gasteiger partial charge in [-0.1, -0.05) is 86.7 Å². The van der Waals surface area contributed by atoms with Crippen LogP contribution in [0, 0.1) is 12.8 Å². The smallest absolute Gasteiger partial charge is 0.333 e. The van der Waals surface area contributed by atoms with Crippen molar-refractivity contribution in [1.29, 1.82) is 0 Å². The van der Waals surface area contributed by atoms with Gasteiger partial charge in [-0.05, 0) is 136 Å². The number of benzene rings is 5. The summed E-state index contributed by atoms with van der Waals surface area (Å²) in [6.07, 6.45) is 2.99. The van der Waals surface area contributed by atoms with Gasteiger partial charge in [-0.2, -0.15) is 0 Å². The molecule has 0 N–H and O–H groups in total. The summed E-state index contributed by atoms with van der Waals surface area (Å²) in [5, 5.41) is 0. The average Bonchev–Trinajstić information content (AvgIpc) is 3.20. The average molecular weight is 754 g/mol. The highest BCUT2D eigenvalue weighted by molar-refractivity contribution is 5.87. The molecule has 0 spiro atoms. The molecule has 7 heteroatoms. The molecule has 0 aliphatic heterocycles. The van der Waals surface area contributed by atoms with Crippen LogP contribution in [0.2, 0.25) is 0 Å². The van der Waals surface area contributed by atoms with E-state index < -0.39 is 5.97 Å². The predicted octanol–water partition coefficient (Wildman–Crippen LogP) is 10.9. The van der Waals surface area contributed by atoms with Crippen LogP contribution in [0.4, 0.5) is 17.1 Å². The van der Waals surface area contributed by atoms with Crippen LogP contribution < -0.4 is 14.4 Å². The van der Waals surface area contributed by atoms with E-state index in [0.717, 1.165) is 54.2 Å². The molecule has 0 aliphatic rings. The minimum atomic E-state index is -0.406. The molecular formula is C49H55NO6. The van der Waals surface area contributed by atoms with E-state index in [0.29, 0.717) is 12.2 Å². The second-order valence-electron chi connectivity index (χ2n) is 14.8. The number of carbonyl (C=O) groups excluding carboxylic acids is 2. The van der Waals surface area contributed by atoms with Crippen LogP contribution in [0.25, 0.3) is 0 Å². The van der Waals surface area contributed by atoms with Crippen molar-refractivity contribution < 1.29 is 28.5 Å². The zero-order valence-corrected chi connectivity index (χ0v) is 33.6. The van der Waals surface area contributed by atoms with Gasteiger partial charge in [-0.25, -0.2) is 4.79 Å². The Labute approximate surface area is 332 Å². The Balaban J connectivity index is 1.15. The molecule has 0 saturated heterocycles. The SMILES string of the molecule is C=C(C)C(=O)OC(C)COc1ccc(CCc2ccc(N(c3ccc(C)cc3)c3ccc(CCc4ccc(OCC(C)OC(=O)C(C)C)cc4)cc3)cc2)cc1. The van der Waals surface area contributed by atoms with E-state index in [-0.39, 0.29) is 30.7 Å². The van der Waals surface area contributed by atoms with Crippen molar-refractivity contribution in [3.05, 3.63) is 161 Å². The van der Waals surface area contributed by atoms with E-state index in [4.69, 9.17) is 18.9 Å². The Kier molecular flexibility index (Phi) is 14.9. The number of esters is 2. The second kappa shape index (κ2) is 20.2. The Morgan fingerprint density at radius 3 is 1.23 bits per heavy atom. The second-order valence-corrected chi connectivity index (χ2v) is 14.8. The third kappa shape index (κ3) is 12.6. The first-order chi connectivity index (χ1) is 26.9. The number of ether oxygens (including phenoxy) is 4. The van der Waals surface area contributed by atoms with E-state index in [1.54, 1.807) is 13.8 Å². The largest absolute Gasteiger partial charge is 0.490 e. The summed E-state index contributed by atoms with van der Waals surface area (Å²) >= 11 is 0. The van der Waals surface area contributed by atoms with Gasteiger partial charge in [0.2, 0.25) is 0 Å². The molecule has 7 nitrogen and oxygen atoms in total. The van der Waals surface area contributed by atoms with Gasteiger partial charge in [-0.3, -0.25) is 4.79 Å². The summed E-state index contributed by atoms with van der Waals surface area (Å²) in [7, 11) is 0. The standard InChI is InChI=1S/C49H55NO6/c1-34(2)48(51)55-37(6)32-53-46-28-18-41(19-29-46)12-10-39-14-24-44(25-15-39)50(43-22-8-36(5)9-23-43)45-26-16-40(17-27-45)11-13-42-20-30-47(31-21-42)54-33-38(7)56-49(52)35(3)4/h8-9,14-31,35,37-38H,1,10-13,32-33H2,2-7H3. The number of aryl methyl sites for hydroxylation is 5. The quantitative estimate of drug-likeness (QED) is 0.0614. The van der Waals surface area contributed by atoms with Gasteiger partial charge in [0.05, 0.1) is 5.92 Å². The van der Waals surface area contributed by atoms with Gasteiger partial charge in [0.15, 0.2) is 0 Å². The first kappa shape index (κ1) is 41.3. The van der Waals surface area contributed by atoms with Crippen molar-refractivity contribution in [3.8, 4) is 11.5 Å². The number of anilines is 3. The van der Waals surface area contributed by atoms with Gasteiger partial charge in [0.1, 0.15) is 36.9 Å². The van der Waals surface area contributed by atoms with E-state index in [9.17, 15) is 9.59 Å². The van der Waals surface area contributed by atoms with Gasteiger partial charge < -0.3 is 23.8 Å². The Bertz CT molecular complexity index is 2000. The molecule has 0 radical (unpaired) electrons. The van der Waals surface area contributed by atoms with E-state index in [1.165, 1.54) is 27.8 Å². The van der Waals surface area contributed by atoms with Gasteiger partial charge in [0, 0.05) is 22.6 Å². The van der Waals surface area contributed by atoms with Gasteiger partial charge in [0.25, 0.3) is 0 Å². The van der Waals surface area contributed by atoms with Crippen LogP contribution in [0.15, 0.2) is 133 Å². The third-order valence-electron chi connectivity index (χ3n) is 9.35. The van der Waals surface area contributed by atoms with Crippen molar-refractivity contribution in [3.63, 3.8) is 0 Å². The molecule has 0 bridgehead atoms. The lowest BCUT2D eigenvalue weighted by molar-refractivity contribution is -0.153. The monoisotopic (exact) mass is 753 g/mol. The molecule has 0 heterocycles. The molecule has 2 atom stereocenters. The normalized spacial score (nSPS) is 12.1. The highest BCUT2D eigenvalue weighted by Gasteiger charge is 2.15. The number of hydrogen-bond acceptors (Lipinski definition) is 7. The molecule has 0 saturated carbocycles. The van der Waals surface area contributed by atoms with Crippen LogP contribution in [-0.4, -0.2) is 37.4 Å². The fourth-order valence-corrected chi connectivity index (χ4v) is 5.96. The fourth-order valence-electron chi connectivity index (χ4n) is 5.96. The first-order valence-electron chi connectivity index (χ1n) is 19.5. The van der Waals surface area contributed by atoms with Crippen LogP contribution in [0.1, 0.15) is 62.4 Å². The van der Waals surface area contributed by atoms with Crippen LogP contribution in [0.3, 0.4) is 0 Å². The molecule has 5 aromatic rings. The third-order valence-corrected chi connectivity index (χ3v) is 9.35. The maximum atomic E-state index is 11.8. The van der Waals surface area contributed by atoms with E-state index >= 15 is 0 Å². The Morgan fingerprint density at radius 2 is 0.875 bits per heavy atom. The summed E-state index contributed by atoms with van der Waals surface area (Å²) < 4.78 is 22.4. The van der Waals surface area contributed by atoms with Crippen molar-refractivity contribution in [1.82, 2.24) is 0 Å². The molecular weight excluding hydrogens is 699 g/mol. The lowest BCUT2D eigenvalue weighted by Crippen LogP contribution is -2.24. The summed E-state index contributed by atoms with van der Waals surface area (Å²) in [5.41, 5.74) is 9.91. The van der Waals surface area contributed by atoms with Crippen molar-refractivity contribution in [2.45, 2.75) is 79.4 Å². The Morgan fingerprint density at radius 1 is 0.536 bits per heavy atom. The highest BCUT2D eigenvalue weighted by atomic mass is 16.6. The minimum Gasteiger partial charge on any atom is -0.490 e. The number of carbonyl (C=O) groups is 2. The van der Waals surface area contributed by atoms with E-state index in [1.807, 2.05) is 45.0 Å². The molecule has 0 amide bonds. The fraction of sp³-hybridized carbons (Fsp3) is 0.306. The van der Waals surface area contributed by atoms with Crippen LogP contribution >= 0.6 is 0 Å². The van der Waals surface area contributed by atoms with Crippen LogP contribution in [-0.2, 0) is 44.7 Å². The van der Waals surface area contributed by atoms with Crippen molar-refractivity contribution in [2.24, 2.45) is 5.92 Å². The summed E-state index contributed by atoms with van der Waals surface area (Å²) in [4.78, 5) is 25.9. The molecule has 56 heavy (non-hydrogen) atoms. The van der Waals surface area contributed by atoms with Gasteiger partial charge >= 0.3 is 11.9 Å². The summed E-state index contributed by atoms with van der Waals surface area (Å²) in [5.74, 6) is 0.733. The number of rotatable bonds is 19. The molecule has 0 fully saturated rings. The lowest BCUT2D eigenvalue weighted by atomic mass is 10.0. The van der Waals surface area contributed by atoms with E-state index in [2.05, 4.69) is 115 Å². The molecule has 5 aromatic carbocycles. The lowest BCUT2D eigenvalue weighted by Gasteiger charge is -2.26. The van der Waals surface area contributed by atoms with Gasteiger partial charge in [-0.15, -0.1) is 0 Å². The maximum absolute atomic E-state index is 11.8. The summed E-state index contributed by atoms with van der Waals surface area (Å²) in [6, 6.07) is 42.6.